The molecule has 0 aliphatic heterocycles. The van der Waals surface area contributed by atoms with Crippen molar-refractivity contribution in [2.24, 2.45) is 5.73 Å². The number of amides is 1. The largest absolute Gasteiger partial charge is 0.341 e. The molecule has 21 heavy (non-hydrogen) atoms. The highest BCUT2D eigenvalue weighted by atomic mass is 16.2. The lowest BCUT2D eigenvalue weighted by Gasteiger charge is -2.22. The van der Waals surface area contributed by atoms with Crippen molar-refractivity contribution in [2.45, 2.75) is 25.9 Å². The molecule has 0 aliphatic carbocycles. The van der Waals surface area contributed by atoms with Crippen LogP contribution in [0.1, 0.15) is 29.5 Å². The molecule has 110 valence electrons. The molecule has 0 heterocycles. The lowest BCUT2D eigenvalue weighted by atomic mass is 9.99. The summed E-state index contributed by atoms with van der Waals surface area (Å²) in [6.45, 7) is 3.07. The molecule has 0 aromatic heterocycles. The highest BCUT2D eigenvalue weighted by Crippen LogP contribution is 2.18. The molecular weight excluding hydrogens is 260 g/mol. The molecule has 0 spiro atoms. The maximum Gasteiger partial charge on any atom is 0.229 e. The van der Waals surface area contributed by atoms with Gasteiger partial charge in [0.1, 0.15) is 0 Å². The van der Waals surface area contributed by atoms with Crippen LogP contribution in [-0.4, -0.2) is 17.9 Å². The van der Waals surface area contributed by atoms with Crippen molar-refractivity contribution < 1.29 is 4.79 Å². The SMILES string of the molecule is CC(C(=O)N(C)Cc1cccc(CN)c1)c1ccccc1. The summed E-state index contributed by atoms with van der Waals surface area (Å²) in [5.41, 5.74) is 8.89. The van der Waals surface area contributed by atoms with Crippen molar-refractivity contribution in [2.75, 3.05) is 7.05 Å². The molecule has 2 aromatic rings. The van der Waals surface area contributed by atoms with Crippen molar-refractivity contribution in [3.63, 3.8) is 0 Å². The van der Waals surface area contributed by atoms with Crippen LogP contribution in [0.15, 0.2) is 54.6 Å². The second-order valence-electron chi connectivity index (χ2n) is 5.35. The summed E-state index contributed by atoms with van der Waals surface area (Å²) in [6.07, 6.45) is 0. The molecule has 0 saturated heterocycles. The highest BCUT2D eigenvalue weighted by molar-refractivity contribution is 5.83. The summed E-state index contributed by atoms with van der Waals surface area (Å²) >= 11 is 0. The van der Waals surface area contributed by atoms with E-state index >= 15 is 0 Å². The minimum absolute atomic E-state index is 0.124. The first-order valence-corrected chi connectivity index (χ1v) is 7.19. The Morgan fingerprint density at radius 2 is 1.76 bits per heavy atom. The van der Waals surface area contributed by atoms with E-state index in [4.69, 9.17) is 5.73 Å². The molecular formula is C18H22N2O. The Hall–Kier alpha value is -2.13. The van der Waals surface area contributed by atoms with Gasteiger partial charge in [-0.1, -0.05) is 54.6 Å². The van der Waals surface area contributed by atoms with Crippen molar-refractivity contribution in [3.05, 3.63) is 71.3 Å². The van der Waals surface area contributed by atoms with Gasteiger partial charge in [0.2, 0.25) is 5.91 Å². The Morgan fingerprint density at radius 1 is 1.10 bits per heavy atom. The summed E-state index contributed by atoms with van der Waals surface area (Å²) in [5, 5.41) is 0. The van der Waals surface area contributed by atoms with Crippen LogP contribution in [0.4, 0.5) is 0 Å². The van der Waals surface area contributed by atoms with Gasteiger partial charge in [0.25, 0.3) is 0 Å². The monoisotopic (exact) mass is 282 g/mol. The molecule has 2 rings (SSSR count). The molecule has 2 N–H and O–H groups in total. The molecule has 0 bridgehead atoms. The van der Waals surface area contributed by atoms with Gasteiger partial charge < -0.3 is 10.6 Å². The smallest absolute Gasteiger partial charge is 0.229 e. The van der Waals surface area contributed by atoms with Crippen LogP contribution < -0.4 is 5.73 Å². The number of benzene rings is 2. The van der Waals surface area contributed by atoms with Crippen LogP contribution in [-0.2, 0) is 17.9 Å². The van der Waals surface area contributed by atoms with Crippen LogP contribution in [0.5, 0.6) is 0 Å². The summed E-state index contributed by atoms with van der Waals surface area (Å²) in [6, 6.07) is 17.9. The van der Waals surface area contributed by atoms with Gasteiger partial charge in [0.05, 0.1) is 5.92 Å². The summed E-state index contributed by atoms with van der Waals surface area (Å²) in [5.74, 6) is -0.00626. The van der Waals surface area contributed by atoms with Crippen molar-refractivity contribution in [3.8, 4) is 0 Å². The van der Waals surface area contributed by atoms with E-state index in [1.807, 2.05) is 62.5 Å². The van der Waals surface area contributed by atoms with Gasteiger partial charge in [-0.25, -0.2) is 0 Å². The van der Waals surface area contributed by atoms with Gasteiger partial charge in [-0.15, -0.1) is 0 Å². The van der Waals surface area contributed by atoms with Crippen molar-refractivity contribution >= 4 is 5.91 Å². The molecule has 0 radical (unpaired) electrons. The maximum atomic E-state index is 12.5. The number of likely N-dealkylation sites (N-methyl/N-ethyl adjacent to an activating group) is 1. The Kier molecular flexibility index (Phi) is 5.12. The highest BCUT2D eigenvalue weighted by Gasteiger charge is 2.19. The van der Waals surface area contributed by atoms with Gasteiger partial charge in [-0.3, -0.25) is 4.79 Å². The molecule has 0 saturated carbocycles. The Morgan fingerprint density at radius 3 is 2.43 bits per heavy atom. The summed E-state index contributed by atoms with van der Waals surface area (Å²) in [7, 11) is 1.84. The molecule has 2 aromatic carbocycles. The molecule has 1 atom stereocenters. The molecule has 1 unspecified atom stereocenters. The first kappa shape index (κ1) is 15.3. The number of hydrogen-bond donors (Lipinski definition) is 1. The van der Waals surface area contributed by atoms with Crippen LogP contribution in [0.2, 0.25) is 0 Å². The Labute approximate surface area is 126 Å². The van der Waals surface area contributed by atoms with Gasteiger partial charge in [-0.05, 0) is 23.6 Å². The molecule has 1 amide bonds. The zero-order valence-electron chi connectivity index (χ0n) is 12.6. The second kappa shape index (κ2) is 7.04. The number of rotatable bonds is 5. The van der Waals surface area contributed by atoms with Crippen LogP contribution in [0.3, 0.4) is 0 Å². The zero-order valence-corrected chi connectivity index (χ0v) is 12.6. The lowest BCUT2D eigenvalue weighted by Crippen LogP contribution is -2.30. The molecule has 0 aliphatic rings. The van der Waals surface area contributed by atoms with E-state index in [0.29, 0.717) is 13.1 Å². The molecule has 3 nitrogen and oxygen atoms in total. The average Bonchev–Trinajstić information content (AvgIpc) is 2.54. The number of nitrogens with zero attached hydrogens (tertiary/aromatic N) is 1. The first-order chi connectivity index (χ1) is 10.1. The van der Waals surface area contributed by atoms with E-state index < -0.39 is 0 Å². The van der Waals surface area contributed by atoms with E-state index in [9.17, 15) is 4.79 Å². The van der Waals surface area contributed by atoms with Gasteiger partial charge in [0.15, 0.2) is 0 Å². The summed E-state index contributed by atoms with van der Waals surface area (Å²) in [4.78, 5) is 14.3. The fourth-order valence-electron chi connectivity index (χ4n) is 2.42. The van der Waals surface area contributed by atoms with Gasteiger partial charge >= 0.3 is 0 Å². The van der Waals surface area contributed by atoms with E-state index in [-0.39, 0.29) is 11.8 Å². The normalized spacial score (nSPS) is 12.0. The third-order valence-corrected chi connectivity index (χ3v) is 3.69. The molecule has 0 fully saturated rings. The van der Waals surface area contributed by atoms with Crippen molar-refractivity contribution in [1.29, 1.82) is 0 Å². The third-order valence-electron chi connectivity index (χ3n) is 3.69. The predicted octanol–water partition coefficient (Wildman–Crippen LogP) is 2.91. The fourth-order valence-corrected chi connectivity index (χ4v) is 2.42. The first-order valence-electron chi connectivity index (χ1n) is 7.19. The van der Waals surface area contributed by atoms with E-state index in [1.54, 1.807) is 4.90 Å². The fraction of sp³-hybridized carbons (Fsp3) is 0.278. The van der Waals surface area contributed by atoms with E-state index in [2.05, 4.69) is 6.07 Å². The minimum Gasteiger partial charge on any atom is -0.341 e. The number of carbonyl (C=O) groups is 1. The van der Waals surface area contributed by atoms with Gasteiger partial charge in [0, 0.05) is 20.1 Å². The number of hydrogen-bond acceptors (Lipinski definition) is 2. The Bertz CT molecular complexity index is 595. The quantitative estimate of drug-likeness (QED) is 0.916. The van der Waals surface area contributed by atoms with Crippen LogP contribution >= 0.6 is 0 Å². The number of nitrogens with two attached hydrogens (primary N) is 1. The molecule has 3 heteroatoms. The number of carbonyl (C=O) groups excluding carboxylic acids is 1. The van der Waals surface area contributed by atoms with E-state index in [0.717, 1.165) is 16.7 Å². The topological polar surface area (TPSA) is 46.3 Å². The van der Waals surface area contributed by atoms with E-state index in [1.165, 1.54) is 0 Å². The lowest BCUT2D eigenvalue weighted by molar-refractivity contribution is -0.131. The summed E-state index contributed by atoms with van der Waals surface area (Å²) < 4.78 is 0. The minimum atomic E-state index is -0.131. The second-order valence-corrected chi connectivity index (χ2v) is 5.35. The third kappa shape index (κ3) is 3.92. The predicted molar refractivity (Wildman–Crippen MR) is 85.7 cm³/mol. The standard InChI is InChI=1S/C18H22N2O/c1-14(17-9-4-3-5-10-17)18(21)20(2)13-16-8-6-7-15(11-16)12-19/h3-11,14H,12-13,19H2,1-2H3. The van der Waals surface area contributed by atoms with Crippen LogP contribution in [0, 0.1) is 0 Å². The maximum absolute atomic E-state index is 12.5. The van der Waals surface area contributed by atoms with Crippen LogP contribution in [0.25, 0.3) is 0 Å². The van der Waals surface area contributed by atoms with Crippen molar-refractivity contribution in [1.82, 2.24) is 4.90 Å². The average molecular weight is 282 g/mol. The zero-order chi connectivity index (χ0) is 15.2. The Balaban J connectivity index is 2.05. The van der Waals surface area contributed by atoms with Gasteiger partial charge in [-0.2, -0.15) is 0 Å².